The van der Waals surface area contributed by atoms with Gasteiger partial charge in [-0.25, -0.2) is 9.59 Å². The van der Waals surface area contributed by atoms with E-state index < -0.39 is 36.4 Å². The highest BCUT2D eigenvalue weighted by Crippen LogP contribution is 2.43. The number of alkyl carbamates (subject to hydrolysis) is 2. The van der Waals surface area contributed by atoms with Crippen LogP contribution in [0.2, 0.25) is 0 Å². The number of ether oxygens (including phenoxy) is 2. The fraction of sp³-hybridized carbons (Fsp3) is 0.500. The minimum atomic E-state index is -0.802. The highest BCUT2D eigenvalue weighted by atomic mass is 16.5. The van der Waals surface area contributed by atoms with Crippen LogP contribution < -0.4 is 21.3 Å². The second-order valence-corrected chi connectivity index (χ2v) is 22.0. The average molecular weight is 1010 g/mol. The number of carbonyl (C=O) groups excluding carboxylic acids is 6. The molecule has 4 aromatic rings. The summed E-state index contributed by atoms with van der Waals surface area (Å²) in [7, 11) is 2.57. The number of amides is 6. The highest BCUT2D eigenvalue weighted by Gasteiger charge is 2.51. The van der Waals surface area contributed by atoms with E-state index in [1.807, 2.05) is 52.0 Å². The number of nitrogens with one attached hydrogen (secondary N) is 4. The van der Waals surface area contributed by atoms with E-state index >= 15 is 0 Å². The van der Waals surface area contributed by atoms with Crippen LogP contribution in [0.3, 0.4) is 0 Å². The van der Waals surface area contributed by atoms with Crippen LogP contribution >= 0.6 is 0 Å². The normalized spacial score (nSPS) is 22.9. The van der Waals surface area contributed by atoms with Gasteiger partial charge < -0.3 is 40.5 Å². The van der Waals surface area contributed by atoms with Gasteiger partial charge in [-0.3, -0.25) is 19.2 Å². The van der Waals surface area contributed by atoms with Gasteiger partial charge in [-0.05, 0) is 157 Å². The highest BCUT2D eigenvalue weighted by molar-refractivity contribution is 6.00. The van der Waals surface area contributed by atoms with E-state index in [9.17, 15) is 28.8 Å². The van der Waals surface area contributed by atoms with E-state index in [1.54, 1.807) is 9.80 Å². The summed E-state index contributed by atoms with van der Waals surface area (Å²) in [5.74, 6) is -0.796. The van der Waals surface area contributed by atoms with Crippen molar-refractivity contribution in [2.75, 3.05) is 24.9 Å². The van der Waals surface area contributed by atoms with Gasteiger partial charge in [0.05, 0.1) is 14.2 Å². The minimum absolute atomic E-state index is 0.0394. The molecular formula is C60H74N6O8. The molecule has 8 aliphatic rings. The number of carbonyl (C=O) groups is 6. The molecule has 74 heavy (non-hydrogen) atoms. The maximum atomic E-state index is 14.2. The molecule has 4 N–H and O–H groups in total. The Kier molecular flexibility index (Phi) is 16.1. The van der Waals surface area contributed by atoms with Crippen molar-refractivity contribution in [1.82, 2.24) is 20.4 Å². The van der Waals surface area contributed by atoms with Crippen LogP contribution in [0, 0.1) is 23.7 Å². The van der Waals surface area contributed by atoms with Crippen molar-refractivity contribution in [2.24, 2.45) is 23.7 Å². The van der Waals surface area contributed by atoms with Crippen molar-refractivity contribution in [3.05, 3.63) is 107 Å². The lowest BCUT2D eigenvalue weighted by molar-refractivity contribution is -0.142. The van der Waals surface area contributed by atoms with E-state index in [1.165, 1.54) is 47.6 Å². The summed E-state index contributed by atoms with van der Waals surface area (Å²) in [4.78, 5) is 84.8. The quantitative estimate of drug-likeness (QED) is 0.108. The molecule has 2 heterocycles. The third-order valence-corrected chi connectivity index (χ3v) is 16.7. The zero-order valence-electron chi connectivity index (χ0n) is 43.9. The molecule has 0 spiro atoms. The number of aryl methyl sites for hydroxylation is 4. The standard InChI is InChI=1S/C60H74N6O8/c1-35(2)53(63-59(71)73-5)57(69)65-49-13-9-7-11-43(49)33-51(65)55(67)61-45-27-23-41(24-28-45)47-31-37-15-19-39(47)21-17-38-16-20-40(22-18-37)48(32-38)42-25-29-46(30-26-42)62-56(68)52-34-44-12-8-10-14-50(44)66(52)58(70)54(36(3)4)64-60(72)74-6/h15-16,19-20,23-32,35-36,43-44,49-54H,7-14,17-18,21-22,33-34H2,1-6H3,(H,61,67)(H,62,68)(H,63,71)(H,64,72)/t43-,44-,49-,50-,51-,52-,53-,54-/m0/s1. The summed E-state index contributed by atoms with van der Waals surface area (Å²) in [6.07, 6.45) is 11.0. The second kappa shape index (κ2) is 22.8. The molecule has 6 aliphatic carbocycles. The molecule has 14 heteroatoms. The van der Waals surface area contributed by atoms with E-state index in [-0.39, 0.29) is 59.4 Å². The van der Waals surface area contributed by atoms with Gasteiger partial charge in [-0.15, -0.1) is 0 Å². The van der Waals surface area contributed by atoms with Crippen molar-refractivity contribution >= 4 is 47.2 Å². The molecule has 0 unspecified atom stereocenters. The zero-order chi connectivity index (χ0) is 52.2. The molecule has 6 amide bonds. The van der Waals surface area contributed by atoms with Crippen LogP contribution in [0.25, 0.3) is 22.3 Å². The molecular weight excluding hydrogens is 933 g/mol. The topological polar surface area (TPSA) is 175 Å². The first kappa shape index (κ1) is 52.2. The van der Waals surface area contributed by atoms with Gasteiger partial charge in [0.1, 0.15) is 24.2 Å². The van der Waals surface area contributed by atoms with Crippen molar-refractivity contribution in [3.8, 4) is 22.3 Å². The lowest BCUT2D eigenvalue weighted by atomic mass is 9.84. The number of hydrogen-bond donors (Lipinski definition) is 4. The Labute approximate surface area is 436 Å². The van der Waals surface area contributed by atoms with Gasteiger partial charge in [-0.2, -0.15) is 0 Å². The van der Waals surface area contributed by atoms with Crippen molar-refractivity contribution < 1.29 is 38.2 Å². The van der Waals surface area contributed by atoms with Gasteiger partial charge in [-0.1, -0.05) is 114 Å². The van der Waals surface area contributed by atoms with Crippen molar-refractivity contribution in [2.45, 2.75) is 154 Å². The van der Waals surface area contributed by atoms with Gasteiger partial charge in [0, 0.05) is 23.5 Å². The van der Waals surface area contributed by atoms with Gasteiger partial charge in [0.25, 0.3) is 0 Å². The average Bonchev–Trinajstić information content (AvgIpc) is 4.00. The Morgan fingerprint density at radius 2 is 0.878 bits per heavy atom. The smallest absolute Gasteiger partial charge is 0.407 e. The number of anilines is 2. The molecule has 14 nitrogen and oxygen atoms in total. The van der Waals surface area contributed by atoms with Crippen LogP contribution in [-0.2, 0) is 54.3 Å². The number of fused-ring (bicyclic) bond motifs is 2. The summed E-state index contributed by atoms with van der Waals surface area (Å²) >= 11 is 0. The second-order valence-electron chi connectivity index (χ2n) is 22.0. The first-order valence-electron chi connectivity index (χ1n) is 27.1. The summed E-state index contributed by atoms with van der Waals surface area (Å²) in [5, 5.41) is 11.8. The molecule has 8 atom stereocenters. The van der Waals surface area contributed by atoms with Crippen LogP contribution in [-0.4, -0.2) is 96.1 Å². The van der Waals surface area contributed by atoms with E-state index in [0.717, 1.165) is 88.2 Å². The maximum absolute atomic E-state index is 14.2. The number of rotatable bonds is 12. The molecule has 4 bridgehead atoms. The number of hydrogen-bond acceptors (Lipinski definition) is 8. The predicted octanol–water partition coefficient (Wildman–Crippen LogP) is 9.86. The lowest BCUT2D eigenvalue weighted by Crippen LogP contribution is -2.57. The molecule has 0 radical (unpaired) electrons. The molecule has 4 fully saturated rings. The molecule has 2 saturated heterocycles. The van der Waals surface area contributed by atoms with Crippen LogP contribution in [0.5, 0.6) is 0 Å². The molecule has 2 aliphatic heterocycles. The monoisotopic (exact) mass is 1010 g/mol. The molecule has 0 aromatic heterocycles. The Morgan fingerprint density at radius 1 is 0.500 bits per heavy atom. The number of likely N-dealkylation sites (tertiary alicyclic amines) is 2. The van der Waals surface area contributed by atoms with Gasteiger partial charge in [0.2, 0.25) is 23.6 Å². The van der Waals surface area contributed by atoms with E-state index in [4.69, 9.17) is 9.47 Å². The Bertz CT molecular complexity index is 2540. The van der Waals surface area contributed by atoms with Gasteiger partial charge in [0.15, 0.2) is 0 Å². The van der Waals surface area contributed by atoms with Crippen LogP contribution in [0.4, 0.5) is 21.0 Å². The fourth-order valence-corrected chi connectivity index (χ4v) is 12.7. The Hall–Kier alpha value is -6.70. The summed E-state index contributed by atoms with van der Waals surface area (Å²) in [5.41, 5.74) is 10.7. The molecule has 12 rings (SSSR count). The first-order valence-corrected chi connectivity index (χ1v) is 27.1. The van der Waals surface area contributed by atoms with E-state index in [2.05, 4.69) is 81.9 Å². The van der Waals surface area contributed by atoms with Crippen LogP contribution in [0.15, 0.2) is 84.9 Å². The third kappa shape index (κ3) is 11.2. The Balaban J connectivity index is 0.870. The SMILES string of the molecule is COC(=O)N[C@H](C(=O)N1[C@H](C(=O)Nc2ccc(-c3cc4ccc3CCc3ccc(c(-c5ccc(NC(=O)[C@@H]6C[C@@H]7CCCC[C@@H]7N6C(=O)[C@@H](NC(=O)OC)C(C)C)cc5)c3)CC4)cc2)C[C@@H]2CCCC[C@@H]21)C(C)C. The van der Waals surface area contributed by atoms with Crippen molar-refractivity contribution in [3.63, 3.8) is 0 Å². The summed E-state index contributed by atoms with van der Waals surface area (Å²) in [6.45, 7) is 7.55. The van der Waals surface area contributed by atoms with Crippen molar-refractivity contribution in [1.29, 1.82) is 0 Å². The first-order chi connectivity index (χ1) is 35.7. The number of nitrogens with zero attached hydrogens (tertiary/aromatic N) is 2. The Morgan fingerprint density at radius 3 is 1.24 bits per heavy atom. The maximum Gasteiger partial charge on any atom is 0.407 e. The number of methoxy groups -OCH3 is 2. The third-order valence-electron chi connectivity index (χ3n) is 16.7. The zero-order valence-corrected chi connectivity index (χ0v) is 43.9. The molecule has 4 aromatic carbocycles. The largest absolute Gasteiger partial charge is 0.453 e. The van der Waals surface area contributed by atoms with Gasteiger partial charge >= 0.3 is 12.2 Å². The summed E-state index contributed by atoms with van der Waals surface area (Å²) < 4.78 is 9.70. The predicted molar refractivity (Wildman–Crippen MR) is 286 cm³/mol. The molecule has 392 valence electrons. The van der Waals surface area contributed by atoms with E-state index in [0.29, 0.717) is 24.2 Å². The number of benzene rings is 4. The minimum Gasteiger partial charge on any atom is -0.453 e. The molecule has 2 saturated carbocycles. The lowest BCUT2D eigenvalue weighted by Gasteiger charge is -2.36. The van der Waals surface area contributed by atoms with Crippen LogP contribution in [0.1, 0.15) is 114 Å². The fourth-order valence-electron chi connectivity index (χ4n) is 12.7. The summed E-state index contributed by atoms with van der Waals surface area (Å²) in [6, 6.07) is 26.7.